The van der Waals surface area contributed by atoms with Crippen molar-refractivity contribution in [2.45, 2.75) is 4.90 Å². The van der Waals surface area contributed by atoms with Crippen molar-refractivity contribution in [2.75, 3.05) is 14.1 Å². The summed E-state index contributed by atoms with van der Waals surface area (Å²) in [6.45, 7) is 0. The highest BCUT2D eigenvalue weighted by atomic mass is 79.9. The molecule has 0 spiro atoms. The molecule has 0 saturated carbocycles. The number of benzene rings is 1. The first-order chi connectivity index (χ1) is 7.79. The molecule has 17 heavy (non-hydrogen) atoms. The Morgan fingerprint density at radius 1 is 1.41 bits per heavy atom. The zero-order chi connectivity index (χ0) is 13.2. The van der Waals surface area contributed by atoms with Crippen molar-refractivity contribution in [1.29, 1.82) is 0 Å². The molecule has 0 atom stereocenters. The summed E-state index contributed by atoms with van der Waals surface area (Å²) in [5, 5.41) is 8.56. The molecule has 1 aromatic carbocycles. The van der Waals surface area contributed by atoms with Crippen molar-refractivity contribution in [3.63, 3.8) is 0 Å². The molecule has 94 valence electrons. The minimum Gasteiger partial charge on any atom is -0.345 e. The minimum atomic E-state index is -4.02. The number of hydrogen-bond donors (Lipinski definition) is 2. The summed E-state index contributed by atoms with van der Waals surface area (Å²) in [7, 11) is -0.906. The average Bonchev–Trinajstić information content (AvgIpc) is 2.28. The van der Waals surface area contributed by atoms with Crippen LogP contribution in [0.3, 0.4) is 0 Å². The van der Waals surface area contributed by atoms with E-state index in [1.807, 2.05) is 0 Å². The standard InChI is InChI=1S/C9H11BrN2O4S/c1-12(2)9(13)6-3-4-7(10)8(5-6)17(15,16)11-14/h3-5,11,14H,1-2H3. The normalized spacial score (nSPS) is 11.3. The van der Waals surface area contributed by atoms with Gasteiger partial charge in [-0.05, 0) is 34.1 Å². The van der Waals surface area contributed by atoms with E-state index in [1.54, 1.807) is 14.1 Å². The summed E-state index contributed by atoms with van der Waals surface area (Å²) < 4.78 is 23.2. The molecule has 0 unspecified atom stereocenters. The molecule has 1 rings (SSSR count). The van der Waals surface area contributed by atoms with E-state index in [4.69, 9.17) is 5.21 Å². The van der Waals surface area contributed by atoms with Crippen molar-refractivity contribution in [2.24, 2.45) is 0 Å². The maximum atomic E-state index is 11.7. The van der Waals surface area contributed by atoms with Crippen LogP contribution in [-0.4, -0.2) is 38.5 Å². The van der Waals surface area contributed by atoms with Crippen LogP contribution >= 0.6 is 15.9 Å². The molecule has 0 radical (unpaired) electrons. The maximum absolute atomic E-state index is 11.7. The zero-order valence-electron chi connectivity index (χ0n) is 9.14. The second kappa shape index (κ2) is 5.13. The van der Waals surface area contributed by atoms with Gasteiger partial charge in [0.15, 0.2) is 0 Å². The number of hydrogen-bond acceptors (Lipinski definition) is 4. The first-order valence-electron chi connectivity index (χ1n) is 4.46. The van der Waals surface area contributed by atoms with Crippen LogP contribution in [0.1, 0.15) is 10.4 Å². The van der Waals surface area contributed by atoms with E-state index in [0.717, 1.165) is 0 Å². The number of amides is 1. The zero-order valence-corrected chi connectivity index (χ0v) is 11.5. The molecule has 0 aromatic heterocycles. The van der Waals surface area contributed by atoms with Gasteiger partial charge in [-0.1, -0.05) is 4.89 Å². The predicted octanol–water partition coefficient (Wildman–Crippen LogP) is 0.818. The lowest BCUT2D eigenvalue weighted by Gasteiger charge is -2.12. The summed E-state index contributed by atoms with van der Waals surface area (Å²) >= 11 is 3.04. The van der Waals surface area contributed by atoms with Gasteiger partial charge in [-0.3, -0.25) is 4.79 Å². The quantitative estimate of drug-likeness (QED) is 0.806. The Labute approximate surface area is 107 Å². The third-order valence-corrected chi connectivity index (χ3v) is 4.11. The number of nitrogens with one attached hydrogen (secondary N) is 1. The van der Waals surface area contributed by atoms with Crippen LogP contribution in [0.2, 0.25) is 0 Å². The van der Waals surface area contributed by atoms with Crippen LogP contribution in [0, 0.1) is 0 Å². The molecule has 1 aromatic rings. The van der Waals surface area contributed by atoms with E-state index in [2.05, 4.69) is 15.9 Å². The van der Waals surface area contributed by atoms with Crippen molar-refractivity contribution >= 4 is 31.9 Å². The van der Waals surface area contributed by atoms with Crippen LogP contribution in [-0.2, 0) is 10.0 Å². The molecular weight excluding hydrogens is 312 g/mol. The number of halogens is 1. The molecule has 0 aliphatic rings. The van der Waals surface area contributed by atoms with E-state index in [0.29, 0.717) is 0 Å². The highest BCUT2D eigenvalue weighted by Gasteiger charge is 2.19. The van der Waals surface area contributed by atoms with Crippen LogP contribution in [0.4, 0.5) is 0 Å². The van der Waals surface area contributed by atoms with Gasteiger partial charge in [-0.25, -0.2) is 8.42 Å². The van der Waals surface area contributed by atoms with Gasteiger partial charge in [0.1, 0.15) is 0 Å². The highest BCUT2D eigenvalue weighted by molar-refractivity contribution is 9.10. The van der Waals surface area contributed by atoms with E-state index < -0.39 is 10.0 Å². The van der Waals surface area contributed by atoms with E-state index >= 15 is 0 Å². The first kappa shape index (κ1) is 14.1. The van der Waals surface area contributed by atoms with Crippen LogP contribution in [0.15, 0.2) is 27.6 Å². The monoisotopic (exact) mass is 322 g/mol. The molecule has 0 aliphatic heterocycles. The fraction of sp³-hybridized carbons (Fsp3) is 0.222. The number of carbonyl (C=O) groups is 1. The molecule has 0 fully saturated rings. The minimum absolute atomic E-state index is 0.201. The molecule has 1 amide bonds. The molecule has 2 N–H and O–H groups in total. The second-order valence-electron chi connectivity index (χ2n) is 3.44. The Kier molecular flexibility index (Phi) is 4.26. The van der Waals surface area contributed by atoms with Crippen LogP contribution < -0.4 is 4.89 Å². The number of nitrogens with zero attached hydrogens (tertiary/aromatic N) is 1. The van der Waals surface area contributed by atoms with Gasteiger partial charge >= 0.3 is 0 Å². The molecule has 0 aliphatic carbocycles. The number of rotatable bonds is 3. The van der Waals surface area contributed by atoms with E-state index in [-0.39, 0.29) is 20.8 Å². The van der Waals surface area contributed by atoms with Gasteiger partial charge in [-0.15, -0.1) is 0 Å². The van der Waals surface area contributed by atoms with E-state index in [1.165, 1.54) is 28.0 Å². The summed E-state index contributed by atoms with van der Waals surface area (Å²) in [5.74, 6) is -0.327. The molecule has 0 saturated heterocycles. The molecule has 0 heterocycles. The number of carbonyl (C=O) groups excluding carboxylic acids is 1. The lowest BCUT2D eigenvalue weighted by molar-refractivity contribution is 0.0827. The average molecular weight is 323 g/mol. The van der Waals surface area contributed by atoms with Gasteiger partial charge in [-0.2, -0.15) is 0 Å². The molecule has 6 nitrogen and oxygen atoms in total. The first-order valence-corrected chi connectivity index (χ1v) is 6.74. The van der Waals surface area contributed by atoms with Crippen LogP contribution in [0.25, 0.3) is 0 Å². The summed E-state index contributed by atoms with van der Waals surface area (Å²) in [4.78, 5) is 14.0. The Morgan fingerprint density at radius 3 is 2.47 bits per heavy atom. The smallest absolute Gasteiger partial charge is 0.263 e. The lowest BCUT2D eigenvalue weighted by atomic mass is 10.2. The fourth-order valence-corrected chi connectivity index (χ4v) is 2.74. The summed E-state index contributed by atoms with van der Waals surface area (Å²) in [6, 6.07) is 4.11. The highest BCUT2D eigenvalue weighted by Crippen LogP contribution is 2.23. The van der Waals surface area contributed by atoms with Crippen molar-refractivity contribution in [1.82, 2.24) is 9.79 Å². The third-order valence-electron chi connectivity index (χ3n) is 1.99. The predicted molar refractivity (Wildman–Crippen MR) is 64.3 cm³/mol. The molecular formula is C9H11BrN2O4S. The van der Waals surface area contributed by atoms with Gasteiger partial charge in [0.2, 0.25) is 0 Å². The number of sulfonamides is 1. The molecule has 0 bridgehead atoms. The van der Waals surface area contributed by atoms with E-state index in [9.17, 15) is 13.2 Å². The third kappa shape index (κ3) is 3.03. The van der Waals surface area contributed by atoms with Crippen molar-refractivity contribution in [3.05, 3.63) is 28.2 Å². The Bertz CT molecular complexity index is 542. The SMILES string of the molecule is CN(C)C(=O)c1ccc(Br)c(S(=O)(=O)NO)c1. The van der Waals surface area contributed by atoms with Crippen molar-refractivity contribution < 1.29 is 18.4 Å². The van der Waals surface area contributed by atoms with Gasteiger partial charge < -0.3 is 10.1 Å². The van der Waals surface area contributed by atoms with Crippen LogP contribution in [0.5, 0.6) is 0 Å². The lowest BCUT2D eigenvalue weighted by Crippen LogP contribution is -2.23. The largest absolute Gasteiger partial charge is 0.345 e. The van der Waals surface area contributed by atoms with Crippen molar-refractivity contribution in [3.8, 4) is 0 Å². The fourth-order valence-electron chi connectivity index (χ4n) is 1.15. The van der Waals surface area contributed by atoms with Gasteiger partial charge in [0, 0.05) is 24.1 Å². The van der Waals surface area contributed by atoms with Gasteiger partial charge in [0.05, 0.1) is 4.90 Å². The topological polar surface area (TPSA) is 86.7 Å². The summed E-state index contributed by atoms with van der Waals surface area (Å²) in [6.07, 6.45) is 0. The Hall–Kier alpha value is -0.960. The van der Waals surface area contributed by atoms with Gasteiger partial charge in [0.25, 0.3) is 15.9 Å². The Balaban J connectivity index is 3.35. The second-order valence-corrected chi connectivity index (χ2v) is 5.92. The molecule has 8 heteroatoms. The Morgan fingerprint density at radius 2 is 2.00 bits per heavy atom. The maximum Gasteiger partial charge on any atom is 0.263 e. The summed E-state index contributed by atoms with van der Waals surface area (Å²) in [5.41, 5.74) is 0.215.